The third kappa shape index (κ3) is 4.40. The summed E-state index contributed by atoms with van der Waals surface area (Å²) in [5.41, 5.74) is 2.26. The van der Waals surface area contributed by atoms with Gasteiger partial charge in [0.1, 0.15) is 11.2 Å². The zero-order valence-corrected chi connectivity index (χ0v) is 25.5. The molecule has 10 rings (SSSR count). The average Bonchev–Trinajstić information content (AvgIpc) is 3.69. The van der Waals surface area contributed by atoms with Crippen LogP contribution >= 0.6 is 0 Å². The summed E-state index contributed by atoms with van der Waals surface area (Å²) >= 11 is 0. The lowest BCUT2D eigenvalue weighted by molar-refractivity contribution is 0.669. The molecule has 0 unspecified atom stereocenters. The lowest BCUT2D eigenvalue weighted by Crippen LogP contribution is -1.93. The van der Waals surface area contributed by atoms with Crippen LogP contribution in [0.15, 0.2) is 186 Å². The SMILES string of the molecule is [2H]c1c([2H])c([2H])c(-c2ccc3oc4cccc(-c5c6ccccc6c(-c6c([2H])c(-c7c([2H])c([2H])c([2H])c([2H])c7[2H])c([2H])c7c([2H])c([2H])c([2H])c([2H])c67)c6ccccc56)c4c3c2)c([2H])c1[2H]. The number of hydrogen-bond acceptors (Lipinski definition) is 1. The number of benzene rings is 9. The van der Waals surface area contributed by atoms with Crippen LogP contribution in [-0.4, -0.2) is 0 Å². The Morgan fingerprint density at radius 1 is 0.388 bits per heavy atom. The first-order chi connectivity index (χ1) is 31.0. The Hall–Kier alpha value is -6.44. The van der Waals surface area contributed by atoms with E-state index in [1.807, 2.05) is 36.4 Å². The molecule has 0 saturated carbocycles. The quantitative estimate of drug-likeness (QED) is 0.175. The van der Waals surface area contributed by atoms with Crippen molar-refractivity contribution in [3.8, 4) is 44.5 Å². The van der Waals surface area contributed by atoms with Crippen LogP contribution in [-0.2, 0) is 0 Å². The number of hydrogen-bond donors (Lipinski definition) is 0. The minimum atomic E-state index is -0.696. The molecule has 228 valence electrons. The van der Waals surface area contributed by atoms with Gasteiger partial charge >= 0.3 is 0 Å². The van der Waals surface area contributed by atoms with Crippen LogP contribution in [0.5, 0.6) is 0 Å². The van der Waals surface area contributed by atoms with Crippen LogP contribution in [0, 0.1) is 0 Å². The molecule has 0 aliphatic carbocycles. The molecule has 1 aromatic heterocycles. The molecule has 0 aliphatic rings. The first kappa shape index (κ1) is 16.1. The first-order valence-corrected chi connectivity index (χ1v) is 15.5. The molecule has 0 atom stereocenters. The van der Waals surface area contributed by atoms with Gasteiger partial charge in [0.05, 0.1) is 21.9 Å². The Morgan fingerprint density at radius 3 is 1.65 bits per heavy atom. The van der Waals surface area contributed by atoms with E-state index >= 15 is 0 Å². The van der Waals surface area contributed by atoms with Crippen LogP contribution < -0.4 is 0 Å². The van der Waals surface area contributed by atoms with Gasteiger partial charge in [0.15, 0.2) is 0 Å². The van der Waals surface area contributed by atoms with E-state index in [1.165, 1.54) is 0 Å². The van der Waals surface area contributed by atoms with Crippen molar-refractivity contribution >= 4 is 54.3 Å². The standard InChI is InChI=1S/C48H30O/c1-3-14-31(15-4-1)33-26-27-44-43(29-33)48-41(24-13-25-45(48)49-44)46-37-20-9-11-22-39(37)47(40-23-12-10-21-38(40)46)42-30-35(32-16-5-2-6-17-32)28-34-18-7-8-19-36(34)42/h1-30H/i1D,2D,3D,4D,5D,6D,7D,8D,14D,15D,16D,17D,18D,19D,28D,30D. The zero-order valence-electron chi connectivity index (χ0n) is 41.5. The maximum atomic E-state index is 9.95. The summed E-state index contributed by atoms with van der Waals surface area (Å²) in [4.78, 5) is 0. The molecule has 0 bridgehead atoms. The summed E-state index contributed by atoms with van der Waals surface area (Å²) in [5, 5.41) is 3.15. The maximum absolute atomic E-state index is 9.95. The lowest BCUT2D eigenvalue weighted by Gasteiger charge is -2.20. The van der Waals surface area contributed by atoms with Crippen molar-refractivity contribution in [3.63, 3.8) is 0 Å². The second-order valence-corrected chi connectivity index (χ2v) is 11.6. The number of fused-ring (bicyclic) bond motifs is 6. The zero-order chi connectivity index (χ0) is 46.2. The lowest BCUT2D eigenvalue weighted by atomic mass is 9.83. The Labute approximate surface area is 306 Å². The summed E-state index contributed by atoms with van der Waals surface area (Å²) < 4.78 is 147. The van der Waals surface area contributed by atoms with Gasteiger partial charge in [-0.2, -0.15) is 0 Å². The molecule has 0 radical (unpaired) electrons. The highest BCUT2D eigenvalue weighted by Gasteiger charge is 2.21. The molecular formula is C48H30O. The highest BCUT2D eigenvalue weighted by Crippen LogP contribution is 2.48. The fourth-order valence-electron chi connectivity index (χ4n) is 6.90. The van der Waals surface area contributed by atoms with Crippen LogP contribution in [0.2, 0.25) is 0 Å². The molecule has 9 aromatic carbocycles. The highest BCUT2D eigenvalue weighted by atomic mass is 16.3. The maximum Gasteiger partial charge on any atom is 0.136 e. The van der Waals surface area contributed by atoms with E-state index in [4.69, 9.17) is 22.2 Å². The van der Waals surface area contributed by atoms with E-state index in [0.717, 1.165) is 0 Å². The van der Waals surface area contributed by atoms with Crippen molar-refractivity contribution in [1.29, 1.82) is 0 Å². The van der Waals surface area contributed by atoms with Gasteiger partial charge in [-0.1, -0.05) is 151 Å². The largest absolute Gasteiger partial charge is 0.456 e. The number of furan rings is 1. The fourth-order valence-corrected chi connectivity index (χ4v) is 6.90. The second-order valence-electron chi connectivity index (χ2n) is 11.6. The Bertz CT molecular complexity index is 3680. The van der Waals surface area contributed by atoms with Crippen molar-refractivity contribution < 1.29 is 26.3 Å². The van der Waals surface area contributed by atoms with E-state index < -0.39 is 95.7 Å². The van der Waals surface area contributed by atoms with Crippen molar-refractivity contribution in [2.24, 2.45) is 0 Å². The van der Waals surface area contributed by atoms with Crippen LogP contribution in [0.4, 0.5) is 0 Å². The summed E-state index contributed by atoms with van der Waals surface area (Å²) in [6, 6.07) is 16.2. The molecule has 49 heavy (non-hydrogen) atoms. The first-order valence-electron chi connectivity index (χ1n) is 23.5. The van der Waals surface area contributed by atoms with E-state index in [1.54, 1.807) is 48.5 Å². The minimum Gasteiger partial charge on any atom is -0.456 e. The molecule has 10 aromatic rings. The second kappa shape index (κ2) is 11.1. The smallest absolute Gasteiger partial charge is 0.136 e. The van der Waals surface area contributed by atoms with Gasteiger partial charge in [0.25, 0.3) is 0 Å². The molecule has 0 spiro atoms. The summed E-state index contributed by atoms with van der Waals surface area (Å²) in [6.07, 6.45) is 0. The highest BCUT2D eigenvalue weighted by molar-refractivity contribution is 6.27. The van der Waals surface area contributed by atoms with Crippen LogP contribution in [0.1, 0.15) is 21.9 Å². The molecule has 0 saturated heterocycles. The summed E-state index contributed by atoms with van der Waals surface area (Å²) in [6.45, 7) is 0. The number of rotatable bonds is 4. The Morgan fingerprint density at radius 2 is 0.980 bits per heavy atom. The molecule has 1 nitrogen and oxygen atoms in total. The molecule has 1 heterocycles. The van der Waals surface area contributed by atoms with Crippen LogP contribution in [0.25, 0.3) is 98.8 Å². The van der Waals surface area contributed by atoms with Gasteiger partial charge in [-0.05, 0) is 107 Å². The van der Waals surface area contributed by atoms with Crippen molar-refractivity contribution in [1.82, 2.24) is 0 Å². The van der Waals surface area contributed by atoms with E-state index in [0.29, 0.717) is 65.7 Å². The molecule has 0 N–H and O–H groups in total. The topological polar surface area (TPSA) is 13.1 Å². The Balaban J connectivity index is 1.37. The van der Waals surface area contributed by atoms with Gasteiger partial charge in [0, 0.05) is 10.8 Å². The van der Waals surface area contributed by atoms with E-state index in [-0.39, 0.29) is 34.0 Å². The molecular weight excluding hydrogens is 593 g/mol. The van der Waals surface area contributed by atoms with E-state index in [9.17, 15) is 4.11 Å². The molecule has 0 aliphatic heterocycles. The average molecular weight is 639 g/mol. The van der Waals surface area contributed by atoms with Crippen LogP contribution in [0.3, 0.4) is 0 Å². The molecule has 1 heteroatoms. The van der Waals surface area contributed by atoms with E-state index in [2.05, 4.69) is 0 Å². The predicted molar refractivity (Wildman–Crippen MR) is 208 cm³/mol. The normalized spacial score (nSPS) is 16.2. The molecule has 0 fully saturated rings. The minimum absolute atomic E-state index is 0.0287. The van der Waals surface area contributed by atoms with Gasteiger partial charge in [-0.15, -0.1) is 0 Å². The van der Waals surface area contributed by atoms with Crippen molar-refractivity contribution in [2.45, 2.75) is 0 Å². The predicted octanol–water partition coefficient (Wildman–Crippen LogP) is 13.7. The fraction of sp³-hybridized carbons (Fsp3) is 0. The van der Waals surface area contributed by atoms with Crippen molar-refractivity contribution in [3.05, 3.63) is 182 Å². The Kier molecular flexibility index (Phi) is 3.64. The van der Waals surface area contributed by atoms with Crippen molar-refractivity contribution in [2.75, 3.05) is 0 Å². The van der Waals surface area contributed by atoms with Gasteiger partial charge in [0.2, 0.25) is 0 Å². The summed E-state index contributed by atoms with van der Waals surface area (Å²) in [5.74, 6) is 0. The van der Waals surface area contributed by atoms with Gasteiger partial charge in [-0.25, -0.2) is 0 Å². The monoisotopic (exact) mass is 638 g/mol. The third-order valence-corrected chi connectivity index (χ3v) is 8.92. The summed E-state index contributed by atoms with van der Waals surface area (Å²) in [7, 11) is 0. The van der Waals surface area contributed by atoms with Gasteiger partial charge < -0.3 is 4.42 Å². The van der Waals surface area contributed by atoms with Gasteiger partial charge in [-0.3, -0.25) is 0 Å². The third-order valence-electron chi connectivity index (χ3n) is 8.92. The molecule has 0 amide bonds.